The van der Waals surface area contributed by atoms with Gasteiger partial charge in [-0.15, -0.1) is 0 Å². The molecule has 1 aliphatic carbocycles. The molecule has 1 aliphatic rings. The minimum absolute atomic E-state index is 0.0814. The normalized spacial score (nSPS) is 23.1. The van der Waals surface area contributed by atoms with Crippen molar-refractivity contribution >= 4 is 29.2 Å². The Labute approximate surface area is 115 Å². The van der Waals surface area contributed by atoms with Crippen molar-refractivity contribution < 1.29 is 9.53 Å². The summed E-state index contributed by atoms with van der Waals surface area (Å²) in [6.45, 7) is 0.143. The monoisotopic (exact) mass is 288 g/mol. The van der Waals surface area contributed by atoms with E-state index in [1.54, 1.807) is 12.1 Å². The number of esters is 1. The molecule has 98 valence electrons. The minimum atomic E-state index is -0.246. The standard InChI is InChI=1S/C12H14Cl2N2O2/c13-10-4-7(5-11(14)16-10)6-18-12(17)8-2-1-3-9(8)15/h4-5,8-9H,1-3,6,15H2/t8-,9+/m0/s1. The van der Waals surface area contributed by atoms with Crippen LogP contribution in [0, 0.1) is 5.92 Å². The van der Waals surface area contributed by atoms with Crippen LogP contribution in [-0.2, 0) is 16.1 Å². The fourth-order valence-electron chi connectivity index (χ4n) is 2.14. The molecule has 1 saturated carbocycles. The average molecular weight is 289 g/mol. The minimum Gasteiger partial charge on any atom is -0.461 e. The second kappa shape index (κ2) is 5.87. The molecule has 2 rings (SSSR count). The zero-order chi connectivity index (χ0) is 13.1. The van der Waals surface area contributed by atoms with Crippen LogP contribution in [0.3, 0.4) is 0 Å². The molecule has 2 N–H and O–H groups in total. The Morgan fingerprint density at radius 3 is 2.61 bits per heavy atom. The lowest BCUT2D eigenvalue weighted by atomic mass is 10.1. The number of ether oxygens (including phenoxy) is 1. The van der Waals surface area contributed by atoms with Crippen molar-refractivity contribution in [2.45, 2.75) is 31.9 Å². The Kier molecular flexibility index (Phi) is 4.43. The van der Waals surface area contributed by atoms with Crippen LogP contribution in [0.15, 0.2) is 12.1 Å². The van der Waals surface area contributed by atoms with Gasteiger partial charge in [0.25, 0.3) is 0 Å². The van der Waals surface area contributed by atoms with Crippen LogP contribution in [0.1, 0.15) is 24.8 Å². The second-order valence-electron chi connectivity index (χ2n) is 4.43. The van der Waals surface area contributed by atoms with E-state index in [0.717, 1.165) is 24.8 Å². The van der Waals surface area contributed by atoms with Crippen LogP contribution in [0.4, 0.5) is 0 Å². The number of nitrogens with two attached hydrogens (primary N) is 1. The van der Waals surface area contributed by atoms with Crippen molar-refractivity contribution in [1.82, 2.24) is 4.98 Å². The summed E-state index contributed by atoms with van der Waals surface area (Å²) >= 11 is 11.5. The summed E-state index contributed by atoms with van der Waals surface area (Å²) in [4.78, 5) is 15.6. The first-order valence-electron chi connectivity index (χ1n) is 5.80. The maximum atomic E-state index is 11.8. The third kappa shape index (κ3) is 3.34. The van der Waals surface area contributed by atoms with E-state index in [1.807, 2.05) is 0 Å². The van der Waals surface area contributed by atoms with E-state index < -0.39 is 0 Å². The van der Waals surface area contributed by atoms with Crippen LogP contribution in [-0.4, -0.2) is 17.0 Å². The molecule has 1 aromatic rings. The van der Waals surface area contributed by atoms with Gasteiger partial charge in [-0.05, 0) is 30.5 Å². The molecule has 0 amide bonds. The smallest absolute Gasteiger partial charge is 0.310 e. The summed E-state index contributed by atoms with van der Waals surface area (Å²) in [5, 5.41) is 0.567. The van der Waals surface area contributed by atoms with Crippen molar-refractivity contribution in [3.63, 3.8) is 0 Å². The molecule has 0 aromatic carbocycles. The molecule has 0 spiro atoms. The highest BCUT2D eigenvalue weighted by Crippen LogP contribution is 2.25. The highest BCUT2D eigenvalue weighted by Gasteiger charge is 2.31. The molecule has 4 nitrogen and oxygen atoms in total. The quantitative estimate of drug-likeness (QED) is 0.686. The van der Waals surface area contributed by atoms with Gasteiger partial charge in [0.05, 0.1) is 5.92 Å². The number of carbonyl (C=O) groups is 1. The summed E-state index contributed by atoms with van der Waals surface area (Å²) in [5.74, 6) is -0.429. The number of rotatable bonds is 3. The van der Waals surface area contributed by atoms with Crippen molar-refractivity contribution in [2.24, 2.45) is 11.7 Å². The lowest BCUT2D eigenvalue weighted by Crippen LogP contribution is -2.31. The Balaban J connectivity index is 1.92. The first kappa shape index (κ1) is 13.6. The lowest BCUT2D eigenvalue weighted by Gasteiger charge is -2.14. The Bertz CT molecular complexity index is 433. The van der Waals surface area contributed by atoms with Crippen molar-refractivity contribution in [3.8, 4) is 0 Å². The fourth-order valence-corrected chi connectivity index (χ4v) is 2.65. The summed E-state index contributed by atoms with van der Waals surface area (Å²) < 4.78 is 5.23. The molecule has 1 heterocycles. The number of nitrogens with zero attached hydrogens (tertiary/aromatic N) is 1. The molecule has 0 saturated heterocycles. The van der Waals surface area contributed by atoms with Gasteiger partial charge in [0.1, 0.15) is 16.9 Å². The number of hydrogen-bond donors (Lipinski definition) is 1. The molecule has 1 fully saturated rings. The van der Waals surface area contributed by atoms with Crippen molar-refractivity contribution in [3.05, 3.63) is 28.0 Å². The summed E-state index contributed by atoms with van der Waals surface area (Å²) in [6, 6.07) is 3.16. The van der Waals surface area contributed by atoms with Gasteiger partial charge in [-0.25, -0.2) is 4.98 Å². The number of pyridine rings is 1. The molecule has 18 heavy (non-hydrogen) atoms. The summed E-state index contributed by atoms with van der Waals surface area (Å²) in [5.41, 5.74) is 6.57. The Morgan fingerprint density at radius 2 is 2.06 bits per heavy atom. The molecule has 2 atom stereocenters. The maximum absolute atomic E-state index is 11.8. The number of aromatic nitrogens is 1. The van der Waals surface area contributed by atoms with Gasteiger partial charge in [-0.2, -0.15) is 0 Å². The van der Waals surface area contributed by atoms with E-state index in [1.165, 1.54) is 0 Å². The highest BCUT2D eigenvalue weighted by atomic mass is 35.5. The molecule has 0 unspecified atom stereocenters. The molecule has 1 aromatic heterocycles. The first-order chi connectivity index (χ1) is 8.56. The number of carbonyl (C=O) groups excluding carboxylic acids is 1. The van der Waals surface area contributed by atoms with Crippen LogP contribution >= 0.6 is 23.2 Å². The largest absolute Gasteiger partial charge is 0.461 e. The second-order valence-corrected chi connectivity index (χ2v) is 5.20. The number of halogens is 2. The van der Waals surface area contributed by atoms with Gasteiger partial charge in [0.2, 0.25) is 0 Å². The van der Waals surface area contributed by atoms with Crippen molar-refractivity contribution in [1.29, 1.82) is 0 Å². The Hall–Kier alpha value is -0.840. The fraction of sp³-hybridized carbons (Fsp3) is 0.500. The number of hydrogen-bond acceptors (Lipinski definition) is 4. The van der Waals surface area contributed by atoms with E-state index in [0.29, 0.717) is 0 Å². The summed E-state index contributed by atoms with van der Waals surface area (Å²) in [6.07, 6.45) is 2.67. The van der Waals surface area contributed by atoms with Gasteiger partial charge in [0.15, 0.2) is 0 Å². The predicted octanol–water partition coefficient (Wildman–Crippen LogP) is 2.56. The van der Waals surface area contributed by atoms with Gasteiger partial charge in [-0.1, -0.05) is 29.6 Å². The molecular formula is C12H14Cl2N2O2. The van der Waals surface area contributed by atoms with E-state index in [2.05, 4.69) is 4.98 Å². The lowest BCUT2D eigenvalue weighted by molar-refractivity contribution is -0.150. The van der Waals surface area contributed by atoms with E-state index >= 15 is 0 Å². The van der Waals surface area contributed by atoms with Gasteiger partial charge >= 0.3 is 5.97 Å². The SMILES string of the molecule is N[C@@H]1CCC[C@@H]1C(=O)OCc1cc(Cl)nc(Cl)c1. The third-order valence-electron chi connectivity index (χ3n) is 3.08. The van der Waals surface area contributed by atoms with Crippen molar-refractivity contribution in [2.75, 3.05) is 0 Å². The molecule has 0 aliphatic heterocycles. The van der Waals surface area contributed by atoms with Crippen LogP contribution in [0.5, 0.6) is 0 Å². The van der Waals surface area contributed by atoms with E-state index in [4.69, 9.17) is 33.7 Å². The van der Waals surface area contributed by atoms with Gasteiger partial charge in [-0.3, -0.25) is 4.79 Å². The average Bonchev–Trinajstić information content (AvgIpc) is 2.71. The zero-order valence-corrected chi connectivity index (χ0v) is 11.2. The molecule has 0 radical (unpaired) electrons. The molecule has 0 bridgehead atoms. The Morgan fingerprint density at radius 1 is 1.39 bits per heavy atom. The van der Waals surface area contributed by atoms with Crippen LogP contribution < -0.4 is 5.73 Å². The predicted molar refractivity (Wildman–Crippen MR) is 69.4 cm³/mol. The zero-order valence-electron chi connectivity index (χ0n) is 9.73. The first-order valence-corrected chi connectivity index (χ1v) is 6.56. The maximum Gasteiger partial charge on any atom is 0.310 e. The van der Waals surface area contributed by atoms with E-state index in [-0.39, 0.29) is 34.8 Å². The highest BCUT2D eigenvalue weighted by molar-refractivity contribution is 6.32. The van der Waals surface area contributed by atoms with Crippen LogP contribution in [0.2, 0.25) is 10.3 Å². The van der Waals surface area contributed by atoms with E-state index in [9.17, 15) is 4.79 Å². The van der Waals surface area contributed by atoms with Crippen LogP contribution in [0.25, 0.3) is 0 Å². The van der Waals surface area contributed by atoms with Gasteiger partial charge in [0, 0.05) is 6.04 Å². The van der Waals surface area contributed by atoms with Gasteiger partial charge < -0.3 is 10.5 Å². The molecular weight excluding hydrogens is 275 g/mol. The topological polar surface area (TPSA) is 65.2 Å². The third-order valence-corrected chi connectivity index (χ3v) is 3.46. The summed E-state index contributed by atoms with van der Waals surface area (Å²) in [7, 11) is 0. The molecule has 6 heteroatoms.